The molecule has 2 heterocycles. The van der Waals surface area contributed by atoms with Crippen molar-refractivity contribution in [2.45, 2.75) is 58.4 Å². The van der Waals surface area contributed by atoms with E-state index in [4.69, 9.17) is 0 Å². The molecular formula is C19H40N4. The summed E-state index contributed by atoms with van der Waals surface area (Å²) in [5.41, 5.74) is 0. The summed E-state index contributed by atoms with van der Waals surface area (Å²) < 4.78 is 0. The molecule has 0 spiro atoms. The molecule has 2 aliphatic rings. The van der Waals surface area contributed by atoms with Crippen molar-refractivity contribution in [3.05, 3.63) is 0 Å². The fourth-order valence-electron chi connectivity index (χ4n) is 3.89. The maximum absolute atomic E-state index is 3.65. The van der Waals surface area contributed by atoms with E-state index in [-0.39, 0.29) is 0 Å². The first kappa shape index (κ1) is 19.2. The highest BCUT2D eigenvalue weighted by atomic mass is 15.2. The predicted octanol–water partition coefficient (Wildman–Crippen LogP) is 2.16. The van der Waals surface area contributed by atoms with Crippen LogP contribution < -0.4 is 10.6 Å². The summed E-state index contributed by atoms with van der Waals surface area (Å²) in [6.07, 6.45) is 8.30. The predicted molar refractivity (Wildman–Crippen MR) is 100 cm³/mol. The number of nitrogens with zero attached hydrogens (tertiary/aromatic N) is 2. The molecule has 0 aliphatic carbocycles. The smallest absolute Gasteiger partial charge is 0.00768 e. The number of hydrogen-bond acceptors (Lipinski definition) is 4. The Morgan fingerprint density at radius 3 is 2.26 bits per heavy atom. The first-order valence-corrected chi connectivity index (χ1v) is 10.1. The van der Waals surface area contributed by atoms with Gasteiger partial charge in [0.1, 0.15) is 0 Å². The maximum atomic E-state index is 3.65. The molecule has 2 aliphatic heterocycles. The minimum Gasteiger partial charge on any atom is -0.315 e. The Labute approximate surface area is 144 Å². The molecule has 0 radical (unpaired) electrons. The Morgan fingerprint density at radius 2 is 1.57 bits per heavy atom. The summed E-state index contributed by atoms with van der Waals surface area (Å²) in [5.74, 6) is 0.893. The lowest BCUT2D eigenvalue weighted by Gasteiger charge is -2.34. The van der Waals surface area contributed by atoms with E-state index >= 15 is 0 Å². The molecule has 2 fully saturated rings. The van der Waals surface area contributed by atoms with E-state index < -0.39 is 0 Å². The van der Waals surface area contributed by atoms with Crippen molar-refractivity contribution in [1.82, 2.24) is 20.4 Å². The topological polar surface area (TPSA) is 30.5 Å². The van der Waals surface area contributed by atoms with Gasteiger partial charge in [-0.15, -0.1) is 0 Å². The third-order valence-corrected chi connectivity index (χ3v) is 5.57. The molecule has 0 aromatic rings. The monoisotopic (exact) mass is 324 g/mol. The molecule has 0 unspecified atom stereocenters. The molecule has 2 saturated heterocycles. The Hall–Kier alpha value is -0.160. The molecule has 4 heteroatoms. The summed E-state index contributed by atoms with van der Waals surface area (Å²) in [6.45, 7) is 15.8. The first-order valence-electron chi connectivity index (χ1n) is 10.1. The first-order chi connectivity index (χ1) is 11.3. The van der Waals surface area contributed by atoms with Gasteiger partial charge in [-0.3, -0.25) is 0 Å². The van der Waals surface area contributed by atoms with Crippen LogP contribution in [0.2, 0.25) is 0 Å². The van der Waals surface area contributed by atoms with Gasteiger partial charge in [0.2, 0.25) is 0 Å². The summed E-state index contributed by atoms with van der Waals surface area (Å²) in [7, 11) is 0. The fourth-order valence-corrected chi connectivity index (χ4v) is 3.89. The quantitative estimate of drug-likeness (QED) is 0.603. The Bertz CT molecular complexity index is 281. The van der Waals surface area contributed by atoms with Crippen LogP contribution in [-0.2, 0) is 0 Å². The maximum Gasteiger partial charge on any atom is 0.00768 e. The van der Waals surface area contributed by atoms with Crippen LogP contribution in [0.5, 0.6) is 0 Å². The molecule has 0 aromatic heterocycles. The number of likely N-dealkylation sites (tertiary alicyclic amines) is 2. The second-order valence-corrected chi connectivity index (χ2v) is 7.78. The second kappa shape index (κ2) is 11.4. The molecule has 4 nitrogen and oxygen atoms in total. The highest BCUT2D eigenvalue weighted by Gasteiger charge is 2.20. The van der Waals surface area contributed by atoms with Crippen molar-refractivity contribution < 1.29 is 0 Å². The van der Waals surface area contributed by atoms with E-state index in [1.54, 1.807) is 0 Å². The Morgan fingerprint density at radius 1 is 0.870 bits per heavy atom. The van der Waals surface area contributed by atoms with Crippen LogP contribution in [0.15, 0.2) is 0 Å². The molecule has 2 rings (SSSR count). The Balaban J connectivity index is 1.36. The van der Waals surface area contributed by atoms with Gasteiger partial charge in [0.15, 0.2) is 0 Å². The average molecular weight is 325 g/mol. The average Bonchev–Trinajstić information content (AvgIpc) is 2.58. The van der Waals surface area contributed by atoms with Crippen LogP contribution in [0.3, 0.4) is 0 Å². The van der Waals surface area contributed by atoms with Gasteiger partial charge in [-0.1, -0.05) is 6.42 Å². The van der Waals surface area contributed by atoms with E-state index in [1.165, 1.54) is 84.3 Å². The molecule has 0 atom stereocenters. The molecule has 0 aromatic carbocycles. The molecule has 136 valence electrons. The third-order valence-electron chi connectivity index (χ3n) is 5.57. The molecule has 2 N–H and O–H groups in total. The normalized spacial score (nSPS) is 22.0. The van der Waals surface area contributed by atoms with Gasteiger partial charge in [0.25, 0.3) is 0 Å². The molecular weight excluding hydrogens is 284 g/mol. The number of hydrogen-bond donors (Lipinski definition) is 2. The Kier molecular flexibility index (Phi) is 9.50. The van der Waals surface area contributed by atoms with Gasteiger partial charge in [0.05, 0.1) is 0 Å². The van der Waals surface area contributed by atoms with Crippen LogP contribution in [0.4, 0.5) is 0 Å². The van der Waals surface area contributed by atoms with Gasteiger partial charge in [-0.25, -0.2) is 0 Å². The van der Waals surface area contributed by atoms with E-state index in [0.29, 0.717) is 0 Å². The van der Waals surface area contributed by atoms with E-state index in [0.717, 1.165) is 25.0 Å². The van der Waals surface area contributed by atoms with Crippen molar-refractivity contribution in [1.29, 1.82) is 0 Å². The summed E-state index contributed by atoms with van der Waals surface area (Å²) in [5, 5.41) is 7.24. The summed E-state index contributed by atoms with van der Waals surface area (Å²) >= 11 is 0. The molecule has 23 heavy (non-hydrogen) atoms. The van der Waals surface area contributed by atoms with E-state index in [9.17, 15) is 0 Å². The van der Waals surface area contributed by atoms with Crippen molar-refractivity contribution in [3.63, 3.8) is 0 Å². The summed E-state index contributed by atoms with van der Waals surface area (Å²) in [4.78, 5) is 5.24. The van der Waals surface area contributed by atoms with Gasteiger partial charge in [-0.2, -0.15) is 0 Å². The van der Waals surface area contributed by atoms with Crippen molar-refractivity contribution in [3.8, 4) is 0 Å². The summed E-state index contributed by atoms with van der Waals surface area (Å²) in [6, 6.07) is 0.720. The zero-order valence-electron chi connectivity index (χ0n) is 15.7. The number of rotatable bonds is 10. The zero-order chi connectivity index (χ0) is 16.3. The van der Waals surface area contributed by atoms with Gasteiger partial charge < -0.3 is 20.4 Å². The number of nitrogens with one attached hydrogen (secondary N) is 2. The van der Waals surface area contributed by atoms with Gasteiger partial charge >= 0.3 is 0 Å². The fraction of sp³-hybridized carbons (Fsp3) is 1.00. The van der Waals surface area contributed by atoms with Gasteiger partial charge in [-0.05, 0) is 97.7 Å². The minimum absolute atomic E-state index is 0.720. The van der Waals surface area contributed by atoms with Crippen LogP contribution in [0.1, 0.15) is 52.4 Å². The lowest BCUT2D eigenvalue weighted by molar-refractivity contribution is 0.148. The van der Waals surface area contributed by atoms with E-state index in [2.05, 4.69) is 34.3 Å². The standard InChI is InChI=1S/C19H40N4/c1-18(2)23-15-7-19(8-16-23)17-21-11-10-20-9-6-14-22-12-4-3-5-13-22/h18-21H,3-17H2,1-2H3. The molecule has 0 amide bonds. The van der Waals surface area contributed by atoms with Crippen LogP contribution in [0, 0.1) is 5.92 Å². The van der Waals surface area contributed by atoms with Crippen molar-refractivity contribution >= 4 is 0 Å². The third kappa shape index (κ3) is 7.97. The van der Waals surface area contributed by atoms with Crippen molar-refractivity contribution in [2.24, 2.45) is 5.92 Å². The highest BCUT2D eigenvalue weighted by Crippen LogP contribution is 2.17. The SMILES string of the molecule is CC(C)N1CCC(CNCCNCCCN2CCCCC2)CC1. The lowest BCUT2D eigenvalue weighted by Crippen LogP contribution is -2.41. The molecule has 0 saturated carbocycles. The van der Waals surface area contributed by atoms with Crippen LogP contribution >= 0.6 is 0 Å². The second-order valence-electron chi connectivity index (χ2n) is 7.78. The van der Waals surface area contributed by atoms with E-state index in [1.807, 2.05) is 0 Å². The minimum atomic E-state index is 0.720. The molecule has 0 bridgehead atoms. The number of piperidine rings is 2. The van der Waals surface area contributed by atoms with Crippen LogP contribution in [0.25, 0.3) is 0 Å². The highest BCUT2D eigenvalue weighted by molar-refractivity contribution is 4.75. The van der Waals surface area contributed by atoms with Crippen LogP contribution in [-0.4, -0.2) is 74.7 Å². The zero-order valence-corrected chi connectivity index (χ0v) is 15.7. The van der Waals surface area contributed by atoms with Crippen molar-refractivity contribution in [2.75, 3.05) is 58.9 Å². The lowest BCUT2D eigenvalue weighted by atomic mass is 9.96. The largest absolute Gasteiger partial charge is 0.315 e. The van der Waals surface area contributed by atoms with Gasteiger partial charge in [0, 0.05) is 19.1 Å².